The lowest BCUT2D eigenvalue weighted by molar-refractivity contribution is -0.118. The van der Waals surface area contributed by atoms with Crippen LogP contribution in [0.5, 0.6) is 0 Å². The van der Waals surface area contributed by atoms with Gasteiger partial charge >= 0.3 is 0 Å². The average Bonchev–Trinajstić information content (AvgIpc) is 3.32. The van der Waals surface area contributed by atoms with Crippen molar-refractivity contribution in [3.8, 4) is 11.1 Å². The zero-order valence-electron chi connectivity index (χ0n) is 24.7. The predicted molar refractivity (Wildman–Crippen MR) is 162 cm³/mol. The number of rotatable bonds is 9. The molecule has 226 valence electrons. The van der Waals surface area contributed by atoms with E-state index in [1.807, 2.05) is 6.08 Å². The molecule has 4 nitrogen and oxygen atoms in total. The van der Waals surface area contributed by atoms with Gasteiger partial charge in [-0.15, -0.1) is 0 Å². The van der Waals surface area contributed by atoms with Crippen molar-refractivity contribution in [2.24, 2.45) is 0 Å². The highest BCUT2D eigenvalue weighted by atomic mass is 19.1. The molecule has 0 radical (unpaired) electrons. The molecular formula is C36H32F4N2O2. The van der Waals surface area contributed by atoms with Crippen LogP contribution in [-0.2, 0) is 17.6 Å². The SMILES string of the molecule is CC(C)(C)NC(=O)c1cc(-c2cccnc2[C@@H](CC(=O)CC2=CCc3ccc(F)cc32)Cc2cc(F)cc(F)c2)ccc1F. The van der Waals surface area contributed by atoms with Gasteiger partial charge in [-0.25, -0.2) is 17.6 Å². The number of halogens is 4. The number of amides is 1. The number of allylic oxidation sites excluding steroid dienone is 2. The van der Waals surface area contributed by atoms with Gasteiger partial charge in [0.1, 0.15) is 29.1 Å². The number of ketones is 1. The van der Waals surface area contributed by atoms with Crippen LogP contribution in [0.2, 0.25) is 0 Å². The van der Waals surface area contributed by atoms with Gasteiger partial charge in [0.05, 0.1) is 11.3 Å². The maximum atomic E-state index is 14.8. The Hall–Kier alpha value is -4.59. The molecule has 5 rings (SSSR count). The van der Waals surface area contributed by atoms with Crippen LogP contribution in [0.3, 0.4) is 0 Å². The molecule has 3 aromatic carbocycles. The maximum absolute atomic E-state index is 14.8. The second kappa shape index (κ2) is 12.6. The summed E-state index contributed by atoms with van der Waals surface area (Å²) in [6.45, 7) is 5.37. The van der Waals surface area contributed by atoms with Gasteiger partial charge in [0, 0.05) is 42.1 Å². The fourth-order valence-electron chi connectivity index (χ4n) is 5.64. The Morgan fingerprint density at radius 3 is 2.36 bits per heavy atom. The van der Waals surface area contributed by atoms with E-state index >= 15 is 0 Å². The average molecular weight is 601 g/mol. The molecule has 1 amide bonds. The summed E-state index contributed by atoms with van der Waals surface area (Å²) in [7, 11) is 0. The number of nitrogens with zero attached hydrogens (tertiary/aromatic N) is 1. The lowest BCUT2D eigenvalue weighted by atomic mass is 9.85. The Labute approximate surface area is 253 Å². The number of nitrogens with one attached hydrogen (secondary N) is 1. The Morgan fingerprint density at radius 2 is 1.64 bits per heavy atom. The van der Waals surface area contributed by atoms with Gasteiger partial charge in [-0.3, -0.25) is 14.6 Å². The highest BCUT2D eigenvalue weighted by molar-refractivity contribution is 5.96. The minimum Gasteiger partial charge on any atom is -0.347 e. The molecule has 0 unspecified atom stereocenters. The van der Waals surface area contributed by atoms with E-state index in [-0.39, 0.29) is 36.4 Å². The summed E-state index contributed by atoms with van der Waals surface area (Å²) in [5.41, 5.74) is 3.49. The Bertz CT molecular complexity index is 1750. The lowest BCUT2D eigenvalue weighted by Crippen LogP contribution is -2.40. The molecular weight excluding hydrogens is 568 g/mol. The summed E-state index contributed by atoms with van der Waals surface area (Å²) in [4.78, 5) is 31.0. The van der Waals surface area contributed by atoms with Crippen molar-refractivity contribution in [1.29, 1.82) is 0 Å². The molecule has 1 atom stereocenters. The van der Waals surface area contributed by atoms with Crippen molar-refractivity contribution >= 4 is 17.3 Å². The molecule has 1 aliphatic rings. The fraction of sp³-hybridized carbons (Fsp3) is 0.250. The van der Waals surface area contributed by atoms with Crippen LogP contribution in [0.1, 0.15) is 72.3 Å². The van der Waals surface area contributed by atoms with Crippen LogP contribution in [0.4, 0.5) is 17.6 Å². The van der Waals surface area contributed by atoms with Crippen LogP contribution < -0.4 is 5.32 Å². The normalized spacial score (nSPS) is 13.3. The second-order valence-electron chi connectivity index (χ2n) is 12.2. The number of Topliss-reactive ketones (excluding diaryl/α,β-unsaturated/α-hetero) is 1. The Kier molecular flexibility index (Phi) is 8.81. The van der Waals surface area contributed by atoms with Crippen molar-refractivity contribution in [2.75, 3.05) is 0 Å². The van der Waals surface area contributed by atoms with Gasteiger partial charge in [0.2, 0.25) is 0 Å². The molecule has 1 aliphatic carbocycles. The monoisotopic (exact) mass is 600 g/mol. The fourth-order valence-corrected chi connectivity index (χ4v) is 5.64. The molecule has 1 N–H and O–H groups in total. The molecule has 1 heterocycles. The molecule has 1 aromatic heterocycles. The van der Waals surface area contributed by atoms with Crippen molar-refractivity contribution < 1.29 is 27.2 Å². The summed E-state index contributed by atoms with van der Waals surface area (Å²) < 4.78 is 57.1. The van der Waals surface area contributed by atoms with E-state index in [9.17, 15) is 27.2 Å². The molecule has 44 heavy (non-hydrogen) atoms. The minimum absolute atomic E-state index is 0.0251. The van der Waals surface area contributed by atoms with Crippen LogP contribution >= 0.6 is 0 Å². The van der Waals surface area contributed by atoms with Crippen molar-refractivity contribution in [3.63, 3.8) is 0 Å². The third-order valence-corrected chi connectivity index (χ3v) is 7.49. The van der Waals surface area contributed by atoms with E-state index in [0.29, 0.717) is 34.4 Å². The van der Waals surface area contributed by atoms with Crippen LogP contribution in [0.25, 0.3) is 16.7 Å². The topological polar surface area (TPSA) is 59.1 Å². The number of carbonyl (C=O) groups is 2. The van der Waals surface area contributed by atoms with Crippen LogP contribution in [0.15, 0.2) is 79.0 Å². The first-order valence-corrected chi connectivity index (χ1v) is 14.4. The molecule has 4 aromatic rings. The third-order valence-electron chi connectivity index (χ3n) is 7.49. The van der Waals surface area contributed by atoms with Gasteiger partial charge in [-0.1, -0.05) is 24.3 Å². The lowest BCUT2D eigenvalue weighted by Gasteiger charge is -2.22. The Morgan fingerprint density at radius 1 is 0.886 bits per heavy atom. The first-order valence-electron chi connectivity index (χ1n) is 14.4. The first kappa shape index (κ1) is 30.9. The van der Waals surface area contributed by atoms with Gasteiger partial charge in [0.25, 0.3) is 5.91 Å². The van der Waals surface area contributed by atoms with Gasteiger partial charge in [0.15, 0.2) is 0 Å². The quantitative estimate of drug-likeness (QED) is 0.197. The summed E-state index contributed by atoms with van der Waals surface area (Å²) in [5, 5.41) is 2.77. The van der Waals surface area contributed by atoms with E-state index in [4.69, 9.17) is 0 Å². The van der Waals surface area contributed by atoms with Crippen LogP contribution in [-0.4, -0.2) is 22.2 Å². The van der Waals surface area contributed by atoms with E-state index < -0.39 is 34.8 Å². The predicted octanol–water partition coefficient (Wildman–Crippen LogP) is 8.15. The Balaban J connectivity index is 1.50. The maximum Gasteiger partial charge on any atom is 0.254 e. The van der Waals surface area contributed by atoms with Crippen molar-refractivity contribution in [2.45, 2.75) is 57.9 Å². The van der Waals surface area contributed by atoms with Gasteiger partial charge in [-0.2, -0.15) is 0 Å². The number of benzene rings is 3. The number of carbonyl (C=O) groups excluding carboxylic acids is 2. The largest absolute Gasteiger partial charge is 0.347 e. The zero-order valence-corrected chi connectivity index (χ0v) is 24.7. The number of aromatic nitrogens is 1. The van der Waals surface area contributed by atoms with Gasteiger partial charge < -0.3 is 5.32 Å². The summed E-state index contributed by atoms with van der Waals surface area (Å²) in [6.07, 6.45) is 4.19. The molecule has 0 bridgehead atoms. The first-order chi connectivity index (χ1) is 20.9. The zero-order chi connectivity index (χ0) is 31.6. The van der Waals surface area contributed by atoms with E-state index in [2.05, 4.69) is 10.3 Å². The van der Waals surface area contributed by atoms with E-state index in [1.54, 1.807) is 45.2 Å². The highest BCUT2D eigenvalue weighted by Crippen LogP contribution is 2.36. The highest BCUT2D eigenvalue weighted by Gasteiger charge is 2.26. The minimum atomic E-state index is -0.742. The van der Waals surface area contributed by atoms with Crippen molar-refractivity contribution in [1.82, 2.24) is 10.3 Å². The van der Waals surface area contributed by atoms with E-state index in [1.165, 1.54) is 42.5 Å². The second-order valence-corrected chi connectivity index (χ2v) is 12.2. The molecule has 0 fully saturated rings. The molecule has 0 saturated heterocycles. The van der Waals surface area contributed by atoms with Crippen LogP contribution in [0, 0.1) is 23.3 Å². The smallest absolute Gasteiger partial charge is 0.254 e. The summed E-state index contributed by atoms with van der Waals surface area (Å²) in [5.74, 6) is -3.91. The third kappa shape index (κ3) is 7.30. The molecule has 0 saturated carbocycles. The standard InChI is InChI=1S/C36H32F4N2O2/c1-36(2,3)42-35(44)32-18-24(9-11-33(32)40)30-5-4-12-41-34(30)25(13-21-14-27(38)19-28(39)15-21)17-29(43)16-23-7-6-22-8-10-26(37)20-31(22)23/h4-5,7-12,14-15,18-20,25H,6,13,16-17H2,1-3H3,(H,42,44)/t25-/m1/s1. The number of pyridine rings is 1. The summed E-state index contributed by atoms with van der Waals surface area (Å²) >= 11 is 0. The molecule has 0 spiro atoms. The molecule has 8 heteroatoms. The van der Waals surface area contributed by atoms with Crippen molar-refractivity contribution in [3.05, 3.63) is 130 Å². The van der Waals surface area contributed by atoms with Gasteiger partial charge in [-0.05, 0) is 104 Å². The van der Waals surface area contributed by atoms with E-state index in [0.717, 1.165) is 17.2 Å². The number of hydrogen-bond donors (Lipinski definition) is 1. The summed E-state index contributed by atoms with van der Waals surface area (Å²) in [6, 6.07) is 15.3. The molecule has 0 aliphatic heterocycles. The number of fused-ring (bicyclic) bond motifs is 1. The number of hydrogen-bond acceptors (Lipinski definition) is 3.